The molecule has 2 aromatic heterocycles. The Bertz CT molecular complexity index is 514. The molecule has 1 unspecified atom stereocenters. The highest BCUT2D eigenvalue weighted by Gasteiger charge is 2.18. The molecule has 4 nitrogen and oxygen atoms in total. The van der Waals surface area contributed by atoms with Gasteiger partial charge < -0.3 is 14.9 Å². The summed E-state index contributed by atoms with van der Waals surface area (Å²) in [5.74, 6) is 1.73. The molecule has 90 valence electrons. The van der Waals surface area contributed by atoms with Crippen LogP contribution >= 0.6 is 0 Å². The van der Waals surface area contributed by atoms with Crippen LogP contribution in [0.25, 0.3) is 5.52 Å². The molecule has 17 heavy (non-hydrogen) atoms. The summed E-state index contributed by atoms with van der Waals surface area (Å²) >= 11 is 0. The first-order chi connectivity index (χ1) is 8.36. The topological polar surface area (TPSA) is 52.5 Å². The molecule has 0 aromatic carbocycles. The Balaban J connectivity index is 1.92. The molecule has 1 aliphatic rings. The molecule has 4 heteroatoms. The average Bonchev–Trinajstić information content (AvgIpc) is 2.99. The molecule has 3 rings (SSSR count). The van der Waals surface area contributed by atoms with Crippen molar-refractivity contribution in [3.63, 3.8) is 0 Å². The van der Waals surface area contributed by atoms with Crippen LogP contribution in [0.3, 0.4) is 0 Å². The first-order valence-corrected chi connectivity index (χ1v) is 6.09. The summed E-state index contributed by atoms with van der Waals surface area (Å²) in [4.78, 5) is 4.50. The second-order valence-corrected chi connectivity index (χ2v) is 4.64. The minimum atomic E-state index is 0.570. The maximum absolute atomic E-state index is 5.67. The summed E-state index contributed by atoms with van der Waals surface area (Å²) < 4.78 is 7.56. The molecule has 3 heterocycles. The fourth-order valence-corrected chi connectivity index (χ4v) is 2.36. The monoisotopic (exact) mass is 231 g/mol. The van der Waals surface area contributed by atoms with Gasteiger partial charge in [-0.1, -0.05) is 6.07 Å². The van der Waals surface area contributed by atoms with Crippen LogP contribution in [0.2, 0.25) is 0 Å². The van der Waals surface area contributed by atoms with Crippen molar-refractivity contribution in [2.45, 2.75) is 19.4 Å². The Morgan fingerprint density at radius 1 is 1.47 bits per heavy atom. The van der Waals surface area contributed by atoms with Gasteiger partial charge in [0.15, 0.2) is 0 Å². The Morgan fingerprint density at radius 3 is 3.18 bits per heavy atom. The maximum Gasteiger partial charge on any atom is 0.113 e. The highest BCUT2D eigenvalue weighted by atomic mass is 16.5. The van der Waals surface area contributed by atoms with Gasteiger partial charge in [0.1, 0.15) is 5.82 Å². The second kappa shape index (κ2) is 4.47. The average molecular weight is 231 g/mol. The summed E-state index contributed by atoms with van der Waals surface area (Å²) in [5.41, 5.74) is 7.94. The van der Waals surface area contributed by atoms with Crippen LogP contribution in [-0.2, 0) is 17.7 Å². The minimum absolute atomic E-state index is 0.570. The quantitative estimate of drug-likeness (QED) is 0.868. The van der Waals surface area contributed by atoms with Gasteiger partial charge >= 0.3 is 0 Å². The fourth-order valence-electron chi connectivity index (χ4n) is 2.36. The predicted molar refractivity (Wildman–Crippen MR) is 65.7 cm³/mol. The normalized spacial score (nSPS) is 20.2. The third kappa shape index (κ3) is 2.06. The Labute approximate surface area is 100 Å². The molecule has 0 spiro atoms. The number of pyridine rings is 1. The molecule has 0 radical (unpaired) electrons. The molecule has 0 saturated carbocycles. The van der Waals surface area contributed by atoms with Crippen molar-refractivity contribution in [2.75, 3.05) is 13.2 Å². The van der Waals surface area contributed by atoms with E-state index in [1.165, 1.54) is 0 Å². The number of aromatic nitrogens is 2. The first-order valence-electron chi connectivity index (χ1n) is 6.09. The number of hydrogen-bond donors (Lipinski definition) is 1. The van der Waals surface area contributed by atoms with E-state index in [1.807, 2.05) is 6.20 Å². The third-order valence-electron chi connectivity index (χ3n) is 3.40. The summed E-state index contributed by atoms with van der Waals surface area (Å²) in [6.45, 7) is 2.33. The molecular weight excluding hydrogens is 214 g/mol. The largest absolute Gasteiger partial charge is 0.381 e. The van der Waals surface area contributed by atoms with Gasteiger partial charge in [0, 0.05) is 32.4 Å². The Kier molecular flexibility index (Phi) is 2.82. The summed E-state index contributed by atoms with van der Waals surface area (Å²) in [5, 5.41) is 0. The molecule has 2 N–H and O–H groups in total. The molecule has 1 aliphatic heterocycles. The number of rotatable bonds is 3. The van der Waals surface area contributed by atoms with Crippen molar-refractivity contribution in [3.05, 3.63) is 35.9 Å². The second-order valence-electron chi connectivity index (χ2n) is 4.64. The van der Waals surface area contributed by atoms with Crippen LogP contribution in [0.1, 0.15) is 17.8 Å². The number of hydrogen-bond acceptors (Lipinski definition) is 3. The SMILES string of the molecule is NCc1ccc2cnc(CC3CCOC3)n2c1. The van der Waals surface area contributed by atoms with E-state index in [0.717, 1.165) is 43.0 Å². The molecule has 0 aliphatic carbocycles. The van der Waals surface area contributed by atoms with Crippen molar-refractivity contribution < 1.29 is 4.74 Å². The number of fused-ring (bicyclic) bond motifs is 1. The van der Waals surface area contributed by atoms with Crippen molar-refractivity contribution in [1.29, 1.82) is 0 Å². The Morgan fingerprint density at radius 2 is 2.41 bits per heavy atom. The maximum atomic E-state index is 5.67. The fraction of sp³-hybridized carbons (Fsp3) is 0.462. The lowest BCUT2D eigenvalue weighted by Crippen LogP contribution is -2.07. The van der Waals surface area contributed by atoms with Crippen LogP contribution in [0.5, 0.6) is 0 Å². The van der Waals surface area contributed by atoms with E-state index in [4.69, 9.17) is 10.5 Å². The van der Waals surface area contributed by atoms with Crippen LogP contribution in [0.15, 0.2) is 24.5 Å². The minimum Gasteiger partial charge on any atom is -0.381 e. The van der Waals surface area contributed by atoms with E-state index in [0.29, 0.717) is 12.5 Å². The lowest BCUT2D eigenvalue weighted by atomic mass is 10.1. The van der Waals surface area contributed by atoms with E-state index in [9.17, 15) is 0 Å². The summed E-state index contributed by atoms with van der Waals surface area (Å²) in [7, 11) is 0. The van der Waals surface area contributed by atoms with E-state index in [-0.39, 0.29) is 0 Å². The van der Waals surface area contributed by atoms with Gasteiger partial charge in [-0.05, 0) is 24.0 Å². The zero-order valence-electron chi connectivity index (χ0n) is 9.80. The van der Waals surface area contributed by atoms with Gasteiger partial charge in [-0.15, -0.1) is 0 Å². The highest BCUT2D eigenvalue weighted by molar-refractivity contribution is 5.47. The molecule has 2 aromatic rings. The third-order valence-corrected chi connectivity index (χ3v) is 3.40. The van der Waals surface area contributed by atoms with Crippen molar-refractivity contribution in [3.8, 4) is 0 Å². The van der Waals surface area contributed by atoms with Crippen molar-refractivity contribution in [1.82, 2.24) is 9.38 Å². The van der Waals surface area contributed by atoms with Gasteiger partial charge in [-0.25, -0.2) is 4.98 Å². The first kappa shape index (κ1) is 10.7. The van der Waals surface area contributed by atoms with Gasteiger partial charge in [-0.2, -0.15) is 0 Å². The molecule has 1 atom stereocenters. The number of nitrogens with zero attached hydrogens (tertiary/aromatic N) is 2. The van der Waals surface area contributed by atoms with Crippen LogP contribution in [-0.4, -0.2) is 22.6 Å². The molecule has 0 amide bonds. The van der Waals surface area contributed by atoms with E-state index < -0.39 is 0 Å². The molecule has 0 bridgehead atoms. The van der Waals surface area contributed by atoms with Gasteiger partial charge in [0.05, 0.1) is 11.7 Å². The standard InChI is InChI=1S/C13H17N3O/c14-6-11-1-2-12-7-15-13(16(12)8-11)5-10-3-4-17-9-10/h1-2,7-8,10H,3-6,9,14H2. The number of ether oxygens (including phenoxy) is 1. The number of nitrogens with two attached hydrogens (primary N) is 1. The van der Waals surface area contributed by atoms with Crippen LogP contribution in [0, 0.1) is 5.92 Å². The van der Waals surface area contributed by atoms with Gasteiger partial charge in [-0.3, -0.25) is 0 Å². The molecular formula is C13H17N3O. The van der Waals surface area contributed by atoms with Crippen molar-refractivity contribution in [2.24, 2.45) is 11.7 Å². The zero-order chi connectivity index (χ0) is 11.7. The number of imidazole rings is 1. The van der Waals surface area contributed by atoms with Crippen LogP contribution < -0.4 is 5.73 Å². The van der Waals surface area contributed by atoms with Gasteiger partial charge in [0.25, 0.3) is 0 Å². The summed E-state index contributed by atoms with van der Waals surface area (Å²) in [6.07, 6.45) is 6.15. The smallest absolute Gasteiger partial charge is 0.113 e. The molecule has 1 fully saturated rings. The zero-order valence-corrected chi connectivity index (χ0v) is 9.80. The molecule has 1 saturated heterocycles. The van der Waals surface area contributed by atoms with E-state index in [1.54, 1.807) is 0 Å². The predicted octanol–water partition coefficient (Wildman–Crippen LogP) is 1.37. The van der Waals surface area contributed by atoms with E-state index >= 15 is 0 Å². The van der Waals surface area contributed by atoms with Gasteiger partial charge in [0.2, 0.25) is 0 Å². The lowest BCUT2D eigenvalue weighted by Gasteiger charge is -2.07. The van der Waals surface area contributed by atoms with E-state index in [2.05, 4.69) is 27.7 Å². The summed E-state index contributed by atoms with van der Waals surface area (Å²) in [6, 6.07) is 4.13. The van der Waals surface area contributed by atoms with Crippen LogP contribution in [0.4, 0.5) is 0 Å². The highest BCUT2D eigenvalue weighted by Crippen LogP contribution is 2.19. The Hall–Kier alpha value is -1.39. The van der Waals surface area contributed by atoms with Crippen molar-refractivity contribution >= 4 is 5.52 Å². The lowest BCUT2D eigenvalue weighted by molar-refractivity contribution is 0.185.